The first-order valence-corrected chi connectivity index (χ1v) is 3.71. The molecule has 2 heterocycles. The van der Waals surface area contributed by atoms with Gasteiger partial charge in [-0.05, 0) is 12.1 Å². The fourth-order valence-corrected chi connectivity index (χ4v) is 0.897. The molecule has 0 aliphatic rings. The molecule has 13 heavy (non-hydrogen) atoms. The number of hydrogen-bond acceptors (Lipinski definition) is 3. The van der Waals surface area contributed by atoms with Gasteiger partial charge in [0.1, 0.15) is 0 Å². The van der Waals surface area contributed by atoms with Gasteiger partial charge in [0.2, 0.25) is 0 Å². The Morgan fingerprint density at radius 1 is 1.31 bits per heavy atom. The van der Waals surface area contributed by atoms with Crippen LogP contribution in [0.1, 0.15) is 0 Å². The van der Waals surface area contributed by atoms with Gasteiger partial charge in [0.05, 0.1) is 0 Å². The highest BCUT2D eigenvalue weighted by molar-refractivity contribution is 5.19. The standard InChI is InChI=1S/C8H7N3O2/c12-7-6(2-1-3-9-7)13-8-10-4-5-11-8/h1-5H,(H,9,12)(H,10,11). The fraction of sp³-hybridized carbons (Fsp3) is 0. The molecule has 0 bridgehead atoms. The first-order chi connectivity index (χ1) is 6.36. The van der Waals surface area contributed by atoms with Crippen LogP contribution in [0.5, 0.6) is 11.8 Å². The number of aromatic nitrogens is 3. The Morgan fingerprint density at radius 2 is 2.23 bits per heavy atom. The predicted molar refractivity (Wildman–Crippen MR) is 45.7 cm³/mol. The average Bonchev–Trinajstić information content (AvgIpc) is 2.61. The Morgan fingerprint density at radius 3 is 2.92 bits per heavy atom. The van der Waals surface area contributed by atoms with Crippen molar-refractivity contribution in [3.8, 4) is 11.8 Å². The summed E-state index contributed by atoms with van der Waals surface area (Å²) in [6.45, 7) is 0. The molecule has 2 aromatic rings. The molecule has 0 amide bonds. The molecule has 2 aromatic heterocycles. The third kappa shape index (κ3) is 1.58. The number of pyridine rings is 1. The van der Waals surface area contributed by atoms with Gasteiger partial charge in [0.25, 0.3) is 11.6 Å². The van der Waals surface area contributed by atoms with E-state index in [4.69, 9.17) is 4.74 Å². The van der Waals surface area contributed by atoms with E-state index in [0.29, 0.717) is 6.01 Å². The second-order valence-corrected chi connectivity index (χ2v) is 2.36. The van der Waals surface area contributed by atoms with Crippen LogP contribution in [0.2, 0.25) is 0 Å². The Labute approximate surface area is 73.4 Å². The second-order valence-electron chi connectivity index (χ2n) is 2.36. The van der Waals surface area contributed by atoms with E-state index < -0.39 is 0 Å². The van der Waals surface area contributed by atoms with E-state index in [1.165, 1.54) is 6.20 Å². The van der Waals surface area contributed by atoms with E-state index >= 15 is 0 Å². The quantitative estimate of drug-likeness (QED) is 0.715. The average molecular weight is 177 g/mol. The zero-order valence-electron chi connectivity index (χ0n) is 6.65. The Hall–Kier alpha value is -2.04. The van der Waals surface area contributed by atoms with Crippen molar-refractivity contribution in [1.82, 2.24) is 15.0 Å². The molecule has 0 fully saturated rings. The molecule has 2 N–H and O–H groups in total. The van der Waals surface area contributed by atoms with Crippen molar-refractivity contribution in [3.05, 3.63) is 41.1 Å². The molecule has 0 spiro atoms. The van der Waals surface area contributed by atoms with E-state index in [2.05, 4.69) is 15.0 Å². The summed E-state index contributed by atoms with van der Waals surface area (Å²) >= 11 is 0. The van der Waals surface area contributed by atoms with Gasteiger partial charge < -0.3 is 14.7 Å². The van der Waals surface area contributed by atoms with Crippen LogP contribution in [0, 0.1) is 0 Å². The van der Waals surface area contributed by atoms with Crippen molar-refractivity contribution in [2.75, 3.05) is 0 Å². The molecule has 5 nitrogen and oxygen atoms in total. The summed E-state index contributed by atoms with van der Waals surface area (Å²) < 4.78 is 5.14. The van der Waals surface area contributed by atoms with Gasteiger partial charge in [-0.1, -0.05) is 0 Å². The number of hydrogen-bond donors (Lipinski definition) is 2. The predicted octanol–water partition coefficient (Wildman–Crippen LogP) is 0.890. The molecule has 5 heteroatoms. The van der Waals surface area contributed by atoms with E-state index in [9.17, 15) is 4.79 Å². The first kappa shape index (κ1) is 7.60. The topological polar surface area (TPSA) is 70.8 Å². The van der Waals surface area contributed by atoms with Gasteiger partial charge in [0.15, 0.2) is 5.75 Å². The van der Waals surface area contributed by atoms with Crippen LogP contribution in [0.25, 0.3) is 0 Å². The van der Waals surface area contributed by atoms with Gasteiger partial charge in [-0.25, -0.2) is 4.98 Å². The van der Waals surface area contributed by atoms with Gasteiger partial charge in [0, 0.05) is 18.6 Å². The van der Waals surface area contributed by atoms with Crippen LogP contribution >= 0.6 is 0 Å². The summed E-state index contributed by atoms with van der Waals surface area (Å²) in [6, 6.07) is 3.55. The lowest BCUT2D eigenvalue weighted by molar-refractivity contribution is 0.441. The molecule has 0 aliphatic heterocycles. The van der Waals surface area contributed by atoms with Crippen molar-refractivity contribution in [2.45, 2.75) is 0 Å². The number of rotatable bonds is 2. The molecule has 0 radical (unpaired) electrons. The van der Waals surface area contributed by atoms with Crippen molar-refractivity contribution < 1.29 is 4.74 Å². The highest BCUT2D eigenvalue weighted by atomic mass is 16.5. The van der Waals surface area contributed by atoms with Crippen molar-refractivity contribution in [1.29, 1.82) is 0 Å². The van der Waals surface area contributed by atoms with E-state index in [1.54, 1.807) is 24.5 Å². The summed E-state index contributed by atoms with van der Waals surface area (Å²) in [4.78, 5) is 20.2. The molecular weight excluding hydrogens is 170 g/mol. The zero-order valence-corrected chi connectivity index (χ0v) is 6.65. The lowest BCUT2D eigenvalue weighted by atomic mass is 10.5. The van der Waals surface area contributed by atoms with Gasteiger partial charge in [-0.15, -0.1) is 0 Å². The Balaban J connectivity index is 2.29. The second kappa shape index (κ2) is 3.14. The maximum atomic E-state index is 11.1. The highest BCUT2D eigenvalue weighted by Crippen LogP contribution is 2.10. The number of nitrogens with one attached hydrogen (secondary N) is 2. The summed E-state index contributed by atoms with van der Waals surface area (Å²) in [5.74, 6) is 0.220. The van der Waals surface area contributed by atoms with Crippen LogP contribution < -0.4 is 10.3 Å². The van der Waals surface area contributed by atoms with Crippen molar-refractivity contribution in [3.63, 3.8) is 0 Å². The lowest BCUT2D eigenvalue weighted by Crippen LogP contribution is -2.07. The number of H-pyrrole nitrogens is 2. The maximum Gasteiger partial charge on any atom is 0.299 e. The van der Waals surface area contributed by atoms with Gasteiger partial charge >= 0.3 is 0 Å². The van der Waals surface area contributed by atoms with Crippen LogP contribution in [-0.2, 0) is 0 Å². The van der Waals surface area contributed by atoms with Crippen molar-refractivity contribution in [2.24, 2.45) is 0 Å². The third-order valence-corrected chi connectivity index (χ3v) is 1.46. The Bertz CT molecular complexity index is 433. The number of nitrogens with zero attached hydrogens (tertiary/aromatic N) is 1. The van der Waals surface area contributed by atoms with Gasteiger partial charge in [-0.2, -0.15) is 0 Å². The minimum Gasteiger partial charge on any atom is -0.420 e. The van der Waals surface area contributed by atoms with E-state index in [1.807, 2.05) is 0 Å². The number of aromatic amines is 2. The van der Waals surface area contributed by atoms with Crippen molar-refractivity contribution >= 4 is 0 Å². The van der Waals surface area contributed by atoms with Crippen LogP contribution in [0.4, 0.5) is 0 Å². The molecular formula is C8H7N3O2. The summed E-state index contributed by atoms with van der Waals surface area (Å²) in [6.07, 6.45) is 4.70. The van der Waals surface area contributed by atoms with E-state index in [0.717, 1.165) is 0 Å². The molecule has 0 unspecified atom stereocenters. The Kier molecular flexibility index (Phi) is 1.84. The monoisotopic (exact) mass is 177 g/mol. The van der Waals surface area contributed by atoms with Crippen LogP contribution in [0.15, 0.2) is 35.5 Å². The molecule has 0 aromatic carbocycles. The lowest BCUT2D eigenvalue weighted by Gasteiger charge is -1.98. The third-order valence-electron chi connectivity index (χ3n) is 1.46. The molecule has 0 saturated carbocycles. The van der Waals surface area contributed by atoms with Gasteiger partial charge in [-0.3, -0.25) is 4.79 Å². The minimum absolute atomic E-state index is 0.220. The summed E-state index contributed by atoms with van der Waals surface area (Å²) in [5.41, 5.74) is -0.279. The number of imidazole rings is 1. The SMILES string of the molecule is O=c1[nH]cccc1Oc1ncc[nH]1. The summed E-state index contributed by atoms with van der Waals surface area (Å²) in [7, 11) is 0. The molecule has 0 aliphatic carbocycles. The fourth-order valence-electron chi connectivity index (χ4n) is 0.897. The van der Waals surface area contributed by atoms with Crippen LogP contribution in [0.3, 0.4) is 0 Å². The summed E-state index contributed by atoms with van der Waals surface area (Å²) in [5, 5.41) is 0. The minimum atomic E-state index is -0.279. The molecule has 0 atom stereocenters. The molecule has 0 saturated heterocycles. The smallest absolute Gasteiger partial charge is 0.299 e. The number of ether oxygens (including phenoxy) is 1. The largest absolute Gasteiger partial charge is 0.420 e. The van der Waals surface area contributed by atoms with Crippen LogP contribution in [-0.4, -0.2) is 15.0 Å². The zero-order chi connectivity index (χ0) is 9.10. The van der Waals surface area contributed by atoms with E-state index in [-0.39, 0.29) is 11.3 Å². The molecule has 66 valence electrons. The normalized spacial score (nSPS) is 9.85. The first-order valence-electron chi connectivity index (χ1n) is 3.71. The highest BCUT2D eigenvalue weighted by Gasteiger charge is 2.01. The maximum absolute atomic E-state index is 11.1. The molecule has 2 rings (SSSR count).